The summed E-state index contributed by atoms with van der Waals surface area (Å²) < 4.78 is 33.2. The summed E-state index contributed by atoms with van der Waals surface area (Å²) in [7, 11) is -2.06. The van der Waals surface area contributed by atoms with Crippen molar-refractivity contribution in [2.75, 3.05) is 13.7 Å². The Kier molecular flexibility index (Phi) is 6.01. The number of hydrogen-bond acceptors (Lipinski definition) is 5. The molecule has 8 heteroatoms. The Balaban J connectivity index is 1.57. The van der Waals surface area contributed by atoms with Gasteiger partial charge in [-0.05, 0) is 77.6 Å². The molecular formula is C24H24N2O5S. The number of amides is 1. The zero-order valence-corrected chi connectivity index (χ0v) is 18.6. The monoisotopic (exact) mass is 452 g/mol. The Bertz CT molecular complexity index is 1250. The van der Waals surface area contributed by atoms with Crippen LogP contribution in [0.3, 0.4) is 0 Å². The molecule has 0 bridgehead atoms. The summed E-state index contributed by atoms with van der Waals surface area (Å²) >= 11 is 0. The van der Waals surface area contributed by atoms with Gasteiger partial charge in [-0.15, -0.1) is 0 Å². The number of ether oxygens (including phenoxy) is 1. The fraction of sp³-hybridized carbons (Fsp3) is 0.208. The van der Waals surface area contributed by atoms with E-state index in [1.807, 2.05) is 31.2 Å². The fourth-order valence-electron chi connectivity index (χ4n) is 3.99. The molecule has 2 N–H and O–H groups in total. The van der Waals surface area contributed by atoms with Crippen LogP contribution in [0.15, 0.2) is 65.6 Å². The van der Waals surface area contributed by atoms with Crippen molar-refractivity contribution in [1.29, 1.82) is 0 Å². The van der Waals surface area contributed by atoms with Crippen LogP contribution in [0, 0.1) is 6.92 Å². The molecule has 0 aliphatic carbocycles. The lowest BCUT2D eigenvalue weighted by molar-refractivity contribution is 0.0706. The summed E-state index contributed by atoms with van der Waals surface area (Å²) in [4.78, 5) is 12.0. The summed E-state index contributed by atoms with van der Waals surface area (Å²) in [5.74, 6) is 0.181. The van der Waals surface area contributed by atoms with E-state index in [0.29, 0.717) is 18.5 Å². The predicted octanol–water partition coefficient (Wildman–Crippen LogP) is 3.54. The first-order valence-electron chi connectivity index (χ1n) is 10.1. The van der Waals surface area contributed by atoms with Gasteiger partial charge in [0.1, 0.15) is 5.75 Å². The number of sulfonamides is 1. The van der Waals surface area contributed by atoms with Crippen LogP contribution in [0.5, 0.6) is 5.75 Å². The van der Waals surface area contributed by atoms with Crippen LogP contribution < -0.4 is 10.2 Å². The zero-order chi connectivity index (χ0) is 22.9. The van der Waals surface area contributed by atoms with Crippen molar-refractivity contribution < 1.29 is 23.2 Å². The van der Waals surface area contributed by atoms with Crippen molar-refractivity contribution in [3.63, 3.8) is 0 Å². The van der Waals surface area contributed by atoms with E-state index in [1.165, 1.54) is 4.31 Å². The summed E-state index contributed by atoms with van der Waals surface area (Å²) in [6.45, 7) is 2.40. The average Bonchev–Trinajstić information content (AvgIpc) is 2.83. The number of fused-ring (bicyclic) bond motifs is 1. The normalized spacial score (nSPS) is 14.0. The lowest BCUT2D eigenvalue weighted by Crippen LogP contribution is -2.36. The molecule has 0 unspecified atom stereocenters. The van der Waals surface area contributed by atoms with Gasteiger partial charge in [0.15, 0.2) is 0 Å². The van der Waals surface area contributed by atoms with E-state index in [1.54, 1.807) is 49.0 Å². The van der Waals surface area contributed by atoms with E-state index in [-0.39, 0.29) is 11.4 Å². The second kappa shape index (κ2) is 8.74. The molecule has 0 spiro atoms. The minimum Gasteiger partial charge on any atom is -0.497 e. The highest BCUT2D eigenvalue weighted by Gasteiger charge is 2.29. The summed E-state index contributed by atoms with van der Waals surface area (Å²) in [5, 5.41) is 8.88. The maximum absolute atomic E-state index is 13.3. The fourth-order valence-corrected chi connectivity index (χ4v) is 5.40. The zero-order valence-electron chi connectivity index (χ0n) is 17.8. The molecule has 0 fully saturated rings. The van der Waals surface area contributed by atoms with Crippen LogP contribution in [0.1, 0.15) is 27.0 Å². The maximum Gasteiger partial charge on any atom is 0.274 e. The third kappa shape index (κ3) is 4.12. The van der Waals surface area contributed by atoms with Gasteiger partial charge in [-0.1, -0.05) is 24.3 Å². The van der Waals surface area contributed by atoms with E-state index in [4.69, 9.17) is 9.94 Å². The van der Waals surface area contributed by atoms with Gasteiger partial charge in [0, 0.05) is 18.7 Å². The summed E-state index contributed by atoms with van der Waals surface area (Å²) in [5.41, 5.74) is 6.52. The van der Waals surface area contributed by atoms with Crippen LogP contribution >= 0.6 is 0 Å². The lowest BCUT2D eigenvalue weighted by Gasteiger charge is -2.29. The number of nitrogens with zero attached hydrogens (tertiary/aromatic N) is 1. The highest BCUT2D eigenvalue weighted by atomic mass is 32.2. The van der Waals surface area contributed by atoms with E-state index >= 15 is 0 Å². The molecule has 1 aliphatic heterocycles. The van der Waals surface area contributed by atoms with Crippen LogP contribution in [0.25, 0.3) is 11.1 Å². The lowest BCUT2D eigenvalue weighted by atomic mass is 9.94. The van der Waals surface area contributed by atoms with E-state index < -0.39 is 15.9 Å². The maximum atomic E-state index is 13.3. The number of rotatable bonds is 5. The Labute approximate surface area is 187 Å². The SMILES string of the molecule is COc1ccc(-c2ccc(S(=O)(=O)N3CCc4cc(C(=O)NO)cc(C)c4C3)cc2)cc1. The standard InChI is InChI=1S/C24H24N2O5S/c1-16-13-20(24(27)25-28)14-19-11-12-26(15-23(16)19)32(29,30)22-9-5-18(6-10-22)17-3-7-21(31-2)8-4-17/h3-10,13-14,28H,11-12,15H2,1-2H3,(H,25,27). The minimum absolute atomic E-state index is 0.241. The minimum atomic E-state index is -3.67. The number of nitrogens with one attached hydrogen (secondary N) is 1. The summed E-state index contributed by atoms with van der Waals surface area (Å²) in [6.07, 6.45) is 0.492. The molecule has 7 nitrogen and oxygen atoms in total. The molecule has 0 aromatic heterocycles. The molecule has 32 heavy (non-hydrogen) atoms. The molecule has 3 aromatic carbocycles. The van der Waals surface area contributed by atoms with Crippen LogP contribution in [0.2, 0.25) is 0 Å². The van der Waals surface area contributed by atoms with Crippen molar-refractivity contribution in [3.05, 3.63) is 82.9 Å². The quantitative estimate of drug-likeness (QED) is 0.456. The Morgan fingerprint density at radius 1 is 1.03 bits per heavy atom. The molecule has 0 radical (unpaired) electrons. The molecule has 3 aromatic rings. The molecule has 1 amide bonds. The number of aryl methyl sites for hydroxylation is 1. The largest absolute Gasteiger partial charge is 0.497 e. The first kappa shape index (κ1) is 22.0. The first-order valence-corrected chi connectivity index (χ1v) is 11.6. The van der Waals surface area contributed by atoms with Gasteiger partial charge in [-0.2, -0.15) is 4.31 Å². The van der Waals surface area contributed by atoms with Gasteiger partial charge < -0.3 is 4.74 Å². The topological polar surface area (TPSA) is 95.9 Å². The number of carbonyl (C=O) groups is 1. The molecular weight excluding hydrogens is 428 g/mol. The van der Waals surface area contributed by atoms with Crippen molar-refractivity contribution in [1.82, 2.24) is 9.79 Å². The number of hydroxylamine groups is 1. The van der Waals surface area contributed by atoms with Gasteiger partial charge >= 0.3 is 0 Å². The number of hydrogen-bond donors (Lipinski definition) is 2. The van der Waals surface area contributed by atoms with Crippen LogP contribution in [-0.4, -0.2) is 37.5 Å². The Hall–Kier alpha value is -3.20. The van der Waals surface area contributed by atoms with Gasteiger partial charge in [0.25, 0.3) is 5.91 Å². The van der Waals surface area contributed by atoms with Gasteiger partial charge in [-0.25, -0.2) is 13.9 Å². The molecule has 166 valence electrons. The first-order chi connectivity index (χ1) is 15.3. The van der Waals surface area contributed by atoms with Gasteiger partial charge in [0.2, 0.25) is 10.0 Å². The molecule has 1 aliphatic rings. The molecule has 0 saturated heterocycles. The Morgan fingerprint density at radius 3 is 2.25 bits per heavy atom. The summed E-state index contributed by atoms with van der Waals surface area (Å²) in [6, 6.07) is 17.8. The smallest absolute Gasteiger partial charge is 0.274 e. The Morgan fingerprint density at radius 2 is 1.66 bits per heavy atom. The number of benzene rings is 3. The number of methoxy groups -OCH3 is 1. The van der Waals surface area contributed by atoms with Gasteiger partial charge in [-0.3, -0.25) is 10.0 Å². The van der Waals surface area contributed by atoms with Crippen molar-refractivity contribution in [2.24, 2.45) is 0 Å². The average molecular weight is 453 g/mol. The van der Waals surface area contributed by atoms with E-state index in [0.717, 1.165) is 33.6 Å². The molecule has 1 heterocycles. The predicted molar refractivity (Wildman–Crippen MR) is 120 cm³/mol. The van der Waals surface area contributed by atoms with Crippen molar-refractivity contribution >= 4 is 15.9 Å². The van der Waals surface area contributed by atoms with E-state index in [2.05, 4.69) is 0 Å². The molecule has 0 saturated carbocycles. The van der Waals surface area contributed by atoms with Crippen molar-refractivity contribution in [2.45, 2.75) is 24.8 Å². The van der Waals surface area contributed by atoms with Crippen molar-refractivity contribution in [3.8, 4) is 16.9 Å². The third-order valence-corrected chi connectivity index (χ3v) is 7.67. The number of carbonyl (C=O) groups excluding carboxylic acids is 1. The highest BCUT2D eigenvalue weighted by Crippen LogP contribution is 2.30. The van der Waals surface area contributed by atoms with Gasteiger partial charge in [0.05, 0.1) is 12.0 Å². The highest BCUT2D eigenvalue weighted by molar-refractivity contribution is 7.89. The molecule has 0 atom stereocenters. The van der Waals surface area contributed by atoms with E-state index in [9.17, 15) is 13.2 Å². The second-order valence-electron chi connectivity index (χ2n) is 7.71. The van der Waals surface area contributed by atoms with Crippen LogP contribution in [-0.2, 0) is 23.0 Å². The van der Waals surface area contributed by atoms with Crippen LogP contribution in [0.4, 0.5) is 0 Å². The molecule has 4 rings (SSSR count). The second-order valence-corrected chi connectivity index (χ2v) is 9.65. The third-order valence-electron chi connectivity index (χ3n) is 5.81.